The van der Waals surface area contributed by atoms with Crippen molar-refractivity contribution in [3.63, 3.8) is 0 Å². The molecule has 0 fully saturated rings. The van der Waals surface area contributed by atoms with Crippen molar-refractivity contribution in [3.05, 3.63) is 24.0 Å². The number of allylic oxidation sites excluding steroid dienone is 3. The van der Waals surface area contributed by atoms with Crippen LogP contribution in [-0.4, -0.2) is 12.0 Å². The topological polar surface area (TPSA) is 9.23 Å². The lowest BCUT2D eigenvalue weighted by Gasteiger charge is -2.04. The van der Waals surface area contributed by atoms with Gasteiger partial charge in [-0.25, -0.2) is 0 Å². The van der Waals surface area contributed by atoms with Crippen LogP contribution in [0.1, 0.15) is 6.42 Å². The van der Waals surface area contributed by atoms with Crippen LogP contribution < -0.4 is 0 Å². The third-order valence-electron chi connectivity index (χ3n) is 1.14. The largest absolute Gasteiger partial charge is 0.497 e. The van der Waals surface area contributed by atoms with Gasteiger partial charge in [-0.2, -0.15) is 0 Å². The third kappa shape index (κ3) is 1.64. The van der Waals surface area contributed by atoms with E-state index in [2.05, 4.69) is 0 Å². The van der Waals surface area contributed by atoms with Crippen LogP contribution in [0.5, 0.6) is 0 Å². The summed E-state index contributed by atoms with van der Waals surface area (Å²) in [6.45, 7) is 0. The van der Waals surface area contributed by atoms with Crippen LogP contribution in [-0.2, 0) is 4.74 Å². The lowest BCUT2D eigenvalue weighted by molar-refractivity contribution is 0.307. The lowest BCUT2D eigenvalue weighted by atomic mass is 10.2. The molecule has 0 aliphatic heterocycles. The summed E-state index contributed by atoms with van der Waals surface area (Å²) in [5.74, 6) is 0.853. The number of ether oxygens (including phenoxy) is 1. The summed E-state index contributed by atoms with van der Waals surface area (Å²) >= 11 is 4.94. The average Bonchev–Trinajstić information content (AvgIpc) is 1.88. The number of thiocarbonyl (C=S) groups is 1. The zero-order chi connectivity index (χ0) is 6.69. The van der Waals surface area contributed by atoms with E-state index in [9.17, 15) is 0 Å². The third-order valence-corrected chi connectivity index (χ3v) is 1.42. The van der Waals surface area contributed by atoms with Gasteiger partial charge in [0.05, 0.1) is 7.11 Å². The van der Waals surface area contributed by atoms with Crippen molar-refractivity contribution < 1.29 is 4.74 Å². The maximum absolute atomic E-state index is 4.95. The molecule has 0 amide bonds. The van der Waals surface area contributed by atoms with E-state index in [4.69, 9.17) is 17.0 Å². The summed E-state index contributed by atoms with van der Waals surface area (Å²) in [6.07, 6.45) is 6.68. The molecule has 0 unspecified atom stereocenters. The molecule has 1 aliphatic rings. The van der Waals surface area contributed by atoms with E-state index in [0.29, 0.717) is 0 Å². The molecule has 0 N–H and O–H groups in total. The first-order valence-electron chi connectivity index (χ1n) is 2.78. The molecule has 1 aliphatic carbocycles. The van der Waals surface area contributed by atoms with Crippen molar-refractivity contribution >= 4 is 17.1 Å². The van der Waals surface area contributed by atoms with E-state index in [1.165, 1.54) is 0 Å². The van der Waals surface area contributed by atoms with Crippen molar-refractivity contribution in [1.29, 1.82) is 0 Å². The van der Waals surface area contributed by atoms with Crippen LogP contribution in [0.2, 0.25) is 0 Å². The molecule has 1 rings (SSSR count). The van der Waals surface area contributed by atoms with E-state index in [1.54, 1.807) is 7.11 Å². The molecular weight excluding hydrogens is 132 g/mol. The standard InChI is InChI=1S/C7H8OS/c1-8-6-3-2-4-7(9)5-6/h2-3,5H,4H2,1H3. The molecule has 0 saturated heterocycles. The minimum atomic E-state index is 0.853. The highest BCUT2D eigenvalue weighted by Crippen LogP contribution is 2.07. The van der Waals surface area contributed by atoms with Gasteiger partial charge in [0.25, 0.3) is 0 Å². The Bertz CT molecular complexity index is 179. The van der Waals surface area contributed by atoms with Gasteiger partial charge in [0.1, 0.15) is 5.76 Å². The SMILES string of the molecule is COC1=CC(=S)CC=C1. The van der Waals surface area contributed by atoms with Crippen LogP contribution in [0.3, 0.4) is 0 Å². The number of hydrogen-bond donors (Lipinski definition) is 0. The van der Waals surface area contributed by atoms with Gasteiger partial charge >= 0.3 is 0 Å². The Morgan fingerprint density at radius 2 is 2.44 bits per heavy atom. The monoisotopic (exact) mass is 140 g/mol. The molecule has 48 valence electrons. The molecule has 0 saturated carbocycles. The van der Waals surface area contributed by atoms with Crippen molar-refractivity contribution in [1.82, 2.24) is 0 Å². The Morgan fingerprint density at radius 3 is 2.89 bits per heavy atom. The van der Waals surface area contributed by atoms with Gasteiger partial charge in [-0.05, 0) is 12.2 Å². The van der Waals surface area contributed by atoms with Gasteiger partial charge in [0.15, 0.2) is 0 Å². The maximum Gasteiger partial charge on any atom is 0.119 e. The first kappa shape index (κ1) is 6.49. The molecule has 0 aromatic rings. The highest BCUT2D eigenvalue weighted by atomic mass is 32.1. The van der Waals surface area contributed by atoms with Gasteiger partial charge in [-0.15, -0.1) is 0 Å². The summed E-state index contributed by atoms with van der Waals surface area (Å²) < 4.78 is 4.95. The van der Waals surface area contributed by atoms with Crippen molar-refractivity contribution in [2.24, 2.45) is 0 Å². The van der Waals surface area contributed by atoms with E-state index < -0.39 is 0 Å². The smallest absolute Gasteiger partial charge is 0.119 e. The van der Waals surface area contributed by atoms with E-state index >= 15 is 0 Å². The minimum Gasteiger partial charge on any atom is -0.497 e. The van der Waals surface area contributed by atoms with E-state index in [0.717, 1.165) is 17.0 Å². The van der Waals surface area contributed by atoms with Crippen LogP contribution >= 0.6 is 12.2 Å². The molecule has 9 heavy (non-hydrogen) atoms. The normalized spacial score (nSPS) is 17.4. The predicted molar refractivity (Wildman–Crippen MR) is 41.4 cm³/mol. The fourth-order valence-electron chi connectivity index (χ4n) is 0.684. The Hall–Kier alpha value is -0.630. The van der Waals surface area contributed by atoms with Gasteiger partial charge < -0.3 is 4.74 Å². The van der Waals surface area contributed by atoms with Crippen LogP contribution in [0.25, 0.3) is 0 Å². The Morgan fingerprint density at radius 1 is 1.67 bits per heavy atom. The molecular formula is C7H8OS. The van der Waals surface area contributed by atoms with Crippen molar-refractivity contribution in [2.45, 2.75) is 6.42 Å². The highest BCUT2D eigenvalue weighted by molar-refractivity contribution is 7.80. The second-order valence-corrected chi connectivity index (χ2v) is 2.35. The molecule has 1 nitrogen and oxygen atoms in total. The second kappa shape index (κ2) is 2.78. The summed E-state index contributed by atoms with van der Waals surface area (Å²) in [5, 5.41) is 0. The summed E-state index contributed by atoms with van der Waals surface area (Å²) in [6, 6.07) is 0. The van der Waals surface area contributed by atoms with Crippen molar-refractivity contribution in [3.8, 4) is 0 Å². The molecule has 0 heterocycles. The molecule has 0 spiro atoms. The Balaban J connectivity index is 2.70. The van der Waals surface area contributed by atoms with Gasteiger partial charge in [-0.3, -0.25) is 0 Å². The van der Waals surface area contributed by atoms with Gasteiger partial charge in [0, 0.05) is 11.3 Å². The number of hydrogen-bond acceptors (Lipinski definition) is 2. The fourth-order valence-corrected chi connectivity index (χ4v) is 0.896. The molecule has 0 atom stereocenters. The molecule has 0 radical (unpaired) electrons. The van der Waals surface area contributed by atoms with Crippen molar-refractivity contribution in [2.75, 3.05) is 7.11 Å². The predicted octanol–water partition coefficient (Wildman–Crippen LogP) is 1.85. The Labute approximate surface area is 60.0 Å². The van der Waals surface area contributed by atoms with Crippen LogP contribution in [0.15, 0.2) is 24.0 Å². The minimum absolute atomic E-state index is 0.853. The first-order valence-corrected chi connectivity index (χ1v) is 3.19. The van der Waals surface area contributed by atoms with Gasteiger partial charge in [-0.1, -0.05) is 18.3 Å². The molecule has 0 bridgehead atoms. The number of rotatable bonds is 1. The van der Waals surface area contributed by atoms with Crippen LogP contribution in [0.4, 0.5) is 0 Å². The van der Waals surface area contributed by atoms with Gasteiger partial charge in [0.2, 0.25) is 0 Å². The highest BCUT2D eigenvalue weighted by Gasteiger charge is 1.98. The van der Waals surface area contributed by atoms with Crippen LogP contribution in [0, 0.1) is 0 Å². The molecule has 2 heteroatoms. The molecule has 0 aromatic carbocycles. The first-order chi connectivity index (χ1) is 4.33. The molecule has 0 aromatic heterocycles. The quantitative estimate of drug-likeness (QED) is 0.514. The number of methoxy groups -OCH3 is 1. The Kier molecular flexibility index (Phi) is 2.01. The summed E-state index contributed by atoms with van der Waals surface area (Å²) in [7, 11) is 1.64. The summed E-state index contributed by atoms with van der Waals surface area (Å²) in [4.78, 5) is 0.939. The zero-order valence-corrected chi connectivity index (χ0v) is 6.07. The lowest BCUT2D eigenvalue weighted by Crippen LogP contribution is -1.95. The average molecular weight is 140 g/mol. The zero-order valence-electron chi connectivity index (χ0n) is 5.26. The van der Waals surface area contributed by atoms with E-state index in [1.807, 2.05) is 18.2 Å². The summed E-state index contributed by atoms with van der Waals surface area (Å²) in [5.41, 5.74) is 0. The fraction of sp³-hybridized carbons (Fsp3) is 0.286. The second-order valence-electron chi connectivity index (χ2n) is 1.82. The maximum atomic E-state index is 4.95. The van der Waals surface area contributed by atoms with E-state index in [-0.39, 0.29) is 0 Å².